The van der Waals surface area contributed by atoms with Crippen LogP contribution in [-0.2, 0) is 9.59 Å². The van der Waals surface area contributed by atoms with Crippen LogP contribution in [-0.4, -0.2) is 24.1 Å². The van der Waals surface area contributed by atoms with E-state index in [-0.39, 0.29) is 24.1 Å². The third-order valence-corrected chi connectivity index (χ3v) is 4.84. The van der Waals surface area contributed by atoms with Crippen LogP contribution in [0.4, 0.5) is 5.69 Å². The summed E-state index contributed by atoms with van der Waals surface area (Å²) < 4.78 is 0. The van der Waals surface area contributed by atoms with Gasteiger partial charge >= 0.3 is 0 Å². The zero-order valence-corrected chi connectivity index (χ0v) is 16.1. The highest BCUT2D eigenvalue weighted by molar-refractivity contribution is 8.00. The SMILES string of the molecule is Cc1cc(C)c(NC(=O)CNC(=O)CSc2ccc(Cl)cc2)c(C)c1. The molecule has 0 spiro atoms. The van der Waals surface area contributed by atoms with Gasteiger partial charge in [-0.05, 0) is 56.2 Å². The van der Waals surface area contributed by atoms with Crippen molar-refractivity contribution in [1.29, 1.82) is 0 Å². The van der Waals surface area contributed by atoms with Crippen LogP contribution >= 0.6 is 23.4 Å². The van der Waals surface area contributed by atoms with Crippen LogP contribution in [0.5, 0.6) is 0 Å². The molecule has 2 N–H and O–H groups in total. The molecule has 0 aliphatic heterocycles. The molecule has 0 radical (unpaired) electrons. The van der Waals surface area contributed by atoms with E-state index in [4.69, 9.17) is 11.6 Å². The number of halogens is 1. The van der Waals surface area contributed by atoms with Gasteiger partial charge in [-0.15, -0.1) is 11.8 Å². The maximum atomic E-state index is 12.1. The number of carbonyl (C=O) groups is 2. The Labute approximate surface area is 157 Å². The van der Waals surface area contributed by atoms with E-state index < -0.39 is 0 Å². The molecule has 0 aliphatic rings. The van der Waals surface area contributed by atoms with E-state index in [9.17, 15) is 9.59 Å². The predicted octanol–water partition coefficient (Wildman–Crippen LogP) is 4.11. The van der Waals surface area contributed by atoms with E-state index >= 15 is 0 Å². The number of anilines is 1. The summed E-state index contributed by atoms with van der Waals surface area (Å²) in [7, 11) is 0. The van der Waals surface area contributed by atoms with Crippen LogP contribution in [0, 0.1) is 20.8 Å². The van der Waals surface area contributed by atoms with Crippen LogP contribution in [0.3, 0.4) is 0 Å². The van der Waals surface area contributed by atoms with Crippen LogP contribution in [0.2, 0.25) is 5.02 Å². The molecule has 0 unspecified atom stereocenters. The fourth-order valence-corrected chi connectivity index (χ4v) is 3.32. The number of carbonyl (C=O) groups excluding carboxylic acids is 2. The fourth-order valence-electron chi connectivity index (χ4n) is 2.47. The van der Waals surface area contributed by atoms with Crippen molar-refractivity contribution in [2.75, 3.05) is 17.6 Å². The molecule has 0 atom stereocenters. The van der Waals surface area contributed by atoms with Crippen LogP contribution < -0.4 is 10.6 Å². The fraction of sp³-hybridized carbons (Fsp3) is 0.263. The van der Waals surface area contributed by atoms with Gasteiger partial charge in [0, 0.05) is 15.6 Å². The van der Waals surface area contributed by atoms with Crippen molar-refractivity contribution >= 4 is 40.9 Å². The highest BCUT2D eigenvalue weighted by atomic mass is 35.5. The number of hydrogen-bond acceptors (Lipinski definition) is 3. The summed E-state index contributed by atoms with van der Waals surface area (Å²) in [5.41, 5.74) is 3.98. The minimum absolute atomic E-state index is 0.0488. The van der Waals surface area contributed by atoms with Gasteiger partial charge < -0.3 is 10.6 Å². The van der Waals surface area contributed by atoms with Crippen molar-refractivity contribution in [3.63, 3.8) is 0 Å². The number of nitrogens with one attached hydrogen (secondary N) is 2. The van der Waals surface area contributed by atoms with E-state index in [1.165, 1.54) is 11.8 Å². The molecule has 6 heteroatoms. The second kappa shape index (κ2) is 8.92. The second-order valence-electron chi connectivity index (χ2n) is 5.84. The lowest BCUT2D eigenvalue weighted by Gasteiger charge is -2.13. The molecule has 0 fully saturated rings. The molecule has 2 amide bonds. The van der Waals surface area contributed by atoms with Crippen LogP contribution in [0.1, 0.15) is 16.7 Å². The molecule has 25 heavy (non-hydrogen) atoms. The molecule has 2 aromatic carbocycles. The van der Waals surface area contributed by atoms with Gasteiger partial charge in [-0.25, -0.2) is 0 Å². The van der Waals surface area contributed by atoms with Crippen molar-refractivity contribution in [2.24, 2.45) is 0 Å². The molecule has 0 heterocycles. The first kappa shape index (κ1) is 19.3. The molecule has 0 aliphatic carbocycles. The molecular formula is C19H21ClN2O2S. The van der Waals surface area contributed by atoms with E-state index in [0.717, 1.165) is 27.3 Å². The summed E-state index contributed by atoms with van der Waals surface area (Å²) in [6, 6.07) is 11.3. The van der Waals surface area contributed by atoms with Gasteiger partial charge in [0.15, 0.2) is 0 Å². The van der Waals surface area contributed by atoms with E-state index in [1.54, 1.807) is 12.1 Å². The van der Waals surface area contributed by atoms with Crippen LogP contribution in [0.15, 0.2) is 41.3 Å². The van der Waals surface area contributed by atoms with Gasteiger partial charge in [-0.3, -0.25) is 9.59 Å². The predicted molar refractivity (Wildman–Crippen MR) is 104 cm³/mol. The van der Waals surface area contributed by atoms with Gasteiger partial charge in [0.2, 0.25) is 11.8 Å². The van der Waals surface area contributed by atoms with E-state index in [2.05, 4.69) is 10.6 Å². The first-order valence-electron chi connectivity index (χ1n) is 7.88. The number of hydrogen-bond donors (Lipinski definition) is 2. The first-order valence-corrected chi connectivity index (χ1v) is 9.24. The Hall–Kier alpha value is -1.98. The molecule has 0 saturated carbocycles. The van der Waals surface area contributed by atoms with Gasteiger partial charge in [-0.2, -0.15) is 0 Å². The molecule has 0 aromatic heterocycles. The Morgan fingerprint density at radius 3 is 2.20 bits per heavy atom. The molecular weight excluding hydrogens is 356 g/mol. The normalized spacial score (nSPS) is 10.4. The summed E-state index contributed by atoms with van der Waals surface area (Å²) in [5.74, 6) is -0.176. The third-order valence-electron chi connectivity index (χ3n) is 3.57. The summed E-state index contributed by atoms with van der Waals surface area (Å²) >= 11 is 7.22. The summed E-state index contributed by atoms with van der Waals surface area (Å²) in [6.07, 6.45) is 0. The molecule has 4 nitrogen and oxygen atoms in total. The first-order chi connectivity index (χ1) is 11.8. The maximum Gasteiger partial charge on any atom is 0.243 e. The largest absolute Gasteiger partial charge is 0.346 e. The maximum absolute atomic E-state index is 12.1. The Balaban J connectivity index is 1.79. The molecule has 2 rings (SSSR count). The summed E-state index contributed by atoms with van der Waals surface area (Å²) in [4.78, 5) is 24.9. The highest BCUT2D eigenvalue weighted by Crippen LogP contribution is 2.22. The lowest BCUT2D eigenvalue weighted by atomic mass is 10.1. The topological polar surface area (TPSA) is 58.2 Å². The number of amides is 2. The molecule has 132 valence electrons. The minimum Gasteiger partial charge on any atom is -0.346 e. The average Bonchev–Trinajstić information content (AvgIpc) is 2.55. The van der Waals surface area contributed by atoms with Crippen LogP contribution in [0.25, 0.3) is 0 Å². The Kier molecular flexibility index (Phi) is 6.91. The number of aryl methyl sites for hydroxylation is 3. The zero-order valence-electron chi connectivity index (χ0n) is 14.5. The monoisotopic (exact) mass is 376 g/mol. The highest BCUT2D eigenvalue weighted by Gasteiger charge is 2.10. The van der Waals surface area contributed by atoms with Gasteiger partial charge in [0.05, 0.1) is 12.3 Å². The zero-order chi connectivity index (χ0) is 18.4. The average molecular weight is 377 g/mol. The Morgan fingerprint density at radius 1 is 1.00 bits per heavy atom. The van der Waals surface area contributed by atoms with Crippen molar-refractivity contribution in [1.82, 2.24) is 5.32 Å². The molecule has 0 bridgehead atoms. The van der Waals surface area contributed by atoms with Gasteiger partial charge in [0.1, 0.15) is 0 Å². The van der Waals surface area contributed by atoms with Crippen molar-refractivity contribution in [2.45, 2.75) is 25.7 Å². The number of thioether (sulfide) groups is 1. The smallest absolute Gasteiger partial charge is 0.243 e. The molecule has 0 saturated heterocycles. The number of benzene rings is 2. The molecule has 2 aromatic rings. The number of rotatable bonds is 6. The summed E-state index contributed by atoms with van der Waals surface area (Å²) in [6.45, 7) is 5.88. The van der Waals surface area contributed by atoms with Gasteiger partial charge in [0.25, 0.3) is 0 Å². The van der Waals surface area contributed by atoms with Crippen molar-refractivity contribution in [3.05, 3.63) is 58.1 Å². The second-order valence-corrected chi connectivity index (χ2v) is 7.33. The lowest BCUT2D eigenvalue weighted by molar-refractivity contribution is -0.122. The van der Waals surface area contributed by atoms with Crippen molar-refractivity contribution in [3.8, 4) is 0 Å². The minimum atomic E-state index is -0.236. The quantitative estimate of drug-likeness (QED) is 0.746. The van der Waals surface area contributed by atoms with E-state index in [0.29, 0.717) is 5.02 Å². The summed E-state index contributed by atoms with van der Waals surface area (Å²) in [5, 5.41) is 6.16. The standard InChI is InChI=1S/C19H21ClN2O2S/c1-12-8-13(2)19(14(3)9-12)22-17(23)10-21-18(24)11-25-16-6-4-15(20)5-7-16/h4-9H,10-11H2,1-3H3,(H,21,24)(H,22,23). The Morgan fingerprint density at radius 2 is 1.60 bits per heavy atom. The van der Waals surface area contributed by atoms with E-state index in [1.807, 2.05) is 45.0 Å². The Bertz CT molecular complexity index is 752. The lowest BCUT2D eigenvalue weighted by Crippen LogP contribution is -2.34. The van der Waals surface area contributed by atoms with Crippen molar-refractivity contribution < 1.29 is 9.59 Å². The third kappa shape index (κ3) is 6.11. The van der Waals surface area contributed by atoms with Gasteiger partial charge in [-0.1, -0.05) is 29.3 Å².